The van der Waals surface area contributed by atoms with Crippen LogP contribution in [0.3, 0.4) is 0 Å². The second-order valence-electron chi connectivity index (χ2n) is 5.26. The van der Waals surface area contributed by atoms with Crippen LogP contribution >= 0.6 is 0 Å². The second-order valence-corrected chi connectivity index (χ2v) is 7.07. The van der Waals surface area contributed by atoms with E-state index in [0.717, 1.165) is 16.0 Å². The van der Waals surface area contributed by atoms with Gasteiger partial charge in [-0.15, -0.1) is 0 Å². The van der Waals surface area contributed by atoms with Crippen molar-refractivity contribution in [1.29, 1.82) is 0 Å². The Morgan fingerprint density at radius 2 is 1.65 bits per heavy atom. The van der Waals surface area contributed by atoms with Crippen LogP contribution in [0.25, 0.3) is 0 Å². The van der Waals surface area contributed by atoms with Gasteiger partial charge in [0.1, 0.15) is 0 Å². The predicted molar refractivity (Wildman–Crippen MR) is 85.2 cm³/mol. The van der Waals surface area contributed by atoms with E-state index < -0.39 is 10.8 Å². The standard InChI is InChI=1S/C17H21NOS/c1-12-7-9-15(10-8-12)17(18)14(3)20(19)16-6-4-5-13(2)11-16/h4-11,14,17H,18H2,1-3H3. The summed E-state index contributed by atoms with van der Waals surface area (Å²) in [5.74, 6) is 0. The highest BCUT2D eigenvalue weighted by atomic mass is 32.2. The first-order valence-electron chi connectivity index (χ1n) is 6.78. The lowest BCUT2D eigenvalue weighted by molar-refractivity contribution is 0.643. The smallest absolute Gasteiger partial charge is 0.0577 e. The average Bonchev–Trinajstić information content (AvgIpc) is 2.46. The van der Waals surface area contributed by atoms with E-state index in [1.165, 1.54) is 5.56 Å². The monoisotopic (exact) mass is 287 g/mol. The highest BCUT2D eigenvalue weighted by Crippen LogP contribution is 2.23. The third-order valence-corrected chi connectivity index (χ3v) is 5.21. The lowest BCUT2D eigenvalue weighted by Crippen LogP contribution is -2.27. The molecule has 3 atom stereocenters. The molecule has 0 amide bonds. The van der Waals surface area contributed by atoms with Crippen molar-refractivity contribution in [3.05, 3.63) is 65.2 Å². The molecule has 2 aromatic rings. The van der Waals surface area contributed by atoms with Gasteiger partial charge in [-0.1, -0.05) is 42.0 Å². The molecular formula is C17H21NOS. The average molecular weight is 287 g/mol. The zero-order chi connectivity index (χ0) is 14.7. The van der Waals surface area contributed by atoms with Gasteiger partial charge < -0.3 is 5.73 Å². The minimum Gasteiger partial charge on any atom is -0.323 e. The molecule has 2 rings (SSSR count). The van der Waals surface area contributed by atoms with Crippen LogP contribution in [0, 0.1) is 13.8 Å². The molecule has 3 unspecified atom stereocenters. The maximum absolute atomic E-state index is 12.6. The summed E-state index contributed by atoms with van der Waals surface area (Å²) in [5.41, 5.74) is 9.62. The van der Waals surface area contributed by atoms with Crippen molar-refractivity contribution in [3.8, 4) is 0 Å². The first-order chi connectivity index (χ1) is 9.49. The first-order valence-corrected chi connectivity index (χ1v) is 7.99. The van der Waals surface area contributed by atoms with Crippen LogP contribution in [0.4, 0.5) is 0 Å². The fourth-order valence-corrected chi connectivity index (χ4v) is 3.52. The third-order valence-electron chi connectivity index (χ3n) is 3.53. The lowest BCUT2D eigenvalue weighted by atomic mass is 10.0. The van der Waals surface area contributed by atoms with Crippen LogP contribution in [0.2, 0.25) is 0 Å². The molecule has 0 spiro atoms. The van der Waals surface area contributed by atoms with Gasteiger partial charge in [0.15, 0.2) is 0 Å². The molecule has 0 bridgehead atoms. The largest absolute Gasteiger partial charge is 0.323 e. The van der Waals surface area contributed by atoms with Gasteiger partial charge in [0, 0.05) is 10.9 Å². The summed E-state index contributed by atoms with van der Waals surface area (Å²) in [4.78, 5) is 0.847. The lowest BCUT2D eigenvalue weighted by Gasteiger charge is -2.20. The van der Waals surface area contributed by atoms with Crippen molar-refractivity contribution >= 4 is 10.8 Å². The molecule has 0 aliphatic rings. The first kappa shape index (κ1) is 14.9. The Balaban J connectivity index is 2.20. The van der Waals surface area contributed by atoms with E-state index in [1.807, 2.05) is 69.3 Å². The van der Waals surface area contributed by atoms with Crippen molar-refractivity contribution < 1.29 is 4.21 Å². The van der Waals surface area contributed by atoms with Crippen LogP contribution in [0.15, 0.2) is 53.4 Å². The van der Waals surface area contributed by atoms with Crippen molar-refractivity contribution in [3.63, 3.8) is 0 Å². The number of hydrogen-bond donors (Lipinski definition) is 1. The van der Waals surface area contributed by atoms with Crippen molar-refractivity contribution in [2.24, 2.45) is 5.73 Å². The van der Waals surface area contributed by atoms with Crippen LogP contribution in [0.5, 0.6) is 0 Å². The van der Waals surface area contributed by atoms with E-state index in [1.54, 1.807) is 0 Å². The van der Waals surface area contributed by atoms with E-state index in [0.29, 0.717) is 0 Å². The van der Waals surface area contributed by atoms with Crippen molar-refractivity contribution in [1.82, 2.24) is 0 Å². The van der Waals surface area contributed by atoms with E-state index in [2.05, 4.69) is 0 Å². The summed E-state index contributed by atoms with van der Waals surface area (Å²) in [6.45, 7) is 6.00. The molecular weight excluding hydrogens is 266 g/mol. The molecule has 0 heterocycles. The predicted octanol–water partition coefficient (Wildman–Crippen LogP) is 3.50. The molecule has 0 aliphatic carbocycles. The molecule has 0 aliphatic heterocycles. The van der Waals surface area contributed by atoms with E-state index >= 15 is 0 Å². The van der Waals surface area contributed by atoms with E-state index in [-0.39, 0.29) is 11.3 Å². The van der Waals surface area contributed by atoms with Crippen LogP contribution in [-0.4, -0.2) is 9.46 Å². The van der Waals surface area contributed by atoms with Gasteiger partial charge in [-0.2, -0.15) is 0 Å². The summed E-state index contributed by atoms with van der Waals surface area (Å²) < 4.78 is 12.6. The maximum atomic E-state index is 12.6. The maximum Gasteiger partial charge on any atom is 0.0577 e. The molecule has 2 N–H and O–H groups in total. The normalized spacial score (nSPS) is 15.6. The third kappa shape index (κ3) is 3.35. The van der Waals surface area contributed by atoms with Crippen molar-refractivity contribution in [2.45, 2.75) is 37.0 Å². The highest BCUT2D eigenvalue weighted by molar-refractivity contribution is 7.85. The molecule has 0 saturated carbocycles. The van der Waals surface area contributed by atoms with Gasteiger partial charge in [-0.25, -0.2) is 0 Å². The Kier molecular flexibility index (Phi) is 4.73. The van der Waals surface area contributed by atoms with Crippen LogP contribution in [0.1, 0.15) is 29.7 Å². The minimum absolute atomic E-state index is 0.125. The molecule has 2 aromatic carbocycles. The quantitative estimate of drug-likeness (QED) is 0.935. The molecule has 2 nitrogen and oxygen atoms in total. The van der Waals surface area contributed by atoms with Gasteiger partial charge >= 0.3 is 0 Å². The summed E-state index contributed by atoms with van der Waals surface area (Å²) in [5, 5.41) is -0.125. The molecule has 106 valence electrons. The van der Waals surface area contributed by atoms with Gasteiger partial charge in [0.05, 0.1) is 16.0 Å². The van der Waals surface area contributed by atoms with Crippen LogP contribution in [-0.2, 0) is 10.8 Å². The molecule has 0 saturated heterocycles. The Bertz CT molecular complexity index is 607. The van der Waals surface area contributed by atoms with Crippen molar-refractivity contribution in [2.75, 3.05) is 0 Å². The summed E-state index contributed by atoms with van der Waals surface area (Å²) in [6, 6.07) is 15.7. The number of rotatable bonds is 4. The molecule has 0 aromatic heterocycles. The zero-order valence-corrected chi connectivity index (χ0v) is 13.0. The van der Waals surface area contributed by atoms with Gasteiger partial charge in [-0.05, 0) is 44.0 Å². The molecule has 20 heavy (non-hydrogen) atoms. The van der Waals surface area contributed by atoms with Crippen LogP contribution < -0.4 is 5.73 Å². The van der Waals surface area contributed by atoms with Gasteiger partial charge in [0.2, 0.25) is 0 Å². The number of benzene rings is 2. The fraction of sp³-hybridized carbons (Fsp3) is 0.294. The summed E-state index contributed by atoms with van der Waals surface area (Å²) in [7, 11) is -1.10. The number of aryl methyl sites for hydroxylation is 2. The Morgan fingerprint density at radius 3 is 2.25 bits per heavy atom. The van der Waals surface area contributed by atoms with Gasteiger partial charge in [0.25, 0.3) is 0 Å². The van der Waals surface area contributed by atoms with E-state index in [4.69, 9.17) is 5.73 Å². The second kappa shape index (κ2) is 6.33. The summed E-state index contributed by atoms with van der Waals surface area (Å²) >= 11 is 0. The highest BCUT2D eigenvalue weighted by Gasteiger charge is 2.22. The topological polar surface area (TPSA) is 43.1 Å². The SMILES string of the molecule is Cc1ccc(C(N)C(C)S(=O)c2cccc(C)c2)cc1. The Hall–Kier alpha value is -1.45. The number of nitrogens with two attached hydrogens (primary N) is 1. The fourth-order valence-electron chi connectivity index (χ4n) is 2.15. The summed E-state index contributed by atoms with van der Waals surface area (Å²) in [6.07, 6.45) is 0. The molecule has 0 radical (unpaired) electrons. The van der Waals surface area contributed by atoms with Gasteiger partial charge in [-0.3, -0.25) is 4.21 Å². The Morgan fingerprint density at radius 1 is 1.00 bits per heavy atom. The minimum atomic E-state index is -1.10. The Labute approximate surface area is 123 Å². The molecule has 3 heteroatoms. The zero-order valence-electron chi connectivity index (χ0n) is 12.2. The van der Waals surface area contributed by atoms with E-state index in [9.17, 15) is 4.21 Å². The molecule has 0 fully saturated rings. The number of hydrogen-bond acceptors (Lipinski definition) is 2.